The van der Waals surface area contributed by atoms with Crippen LogP contribution in [0.25, 0.3) is 0 Å². The number of hydrogen-bond donors (Lipinski definition) is 0. The lowest BCUT2D eigenvalue weighted by atomic mass is 9.78. The molecule has 5 nitrogen and oxygen atoms in total. The van der Waals surface area contributed by atoms with Crippen LogP contribution in [0.5, 0.6) is 0 Å². The van der Waals surface area contributed by atoms with Gasteiger partial charge >= 0.3 is 7.12 Å². The Labute approximate surface area is 150 Å². The van der Waals surface area contributed by atoms with E-state index in [0.717, 1.165) is 49.3 Å². The van der Waals surface area contributed by atoms with Crippen LogP contribution in [0, 0.1) is 6.92 Å². The fourth-order valence-corrected chi connectivity index (χ4v) is 3.28. The molecule has 2 heterocycles. The second-order valence-electron chi connectivity index (χ2n) is 7.30. The molecule has 2 aliphatic heterocycles. The Bertz CT molecular complexity index is 681. The molecular weight excluding hydrogens is 315 g/mol. The zero-order chi connectivity index (χ0) is 18.2. The summed E-state index contributed by atoms with van der Waals surface area (Å²) in [5, 5.41) is 0. The van der Waals surface area contributed by atoms with Crippen molar-refractivity contribution in [3.63, 3.8) is 0 Å². The minimum atomic E-state index is -0.494. The Morgan fingerprint density at radius 1 is 1.28 bits per heavy atom. The molecule has 1 aromatic rings. The molecular formula is C19H27BN2O3. The van der Waals surface area contributed by atoms with Crippen molar-refractivity contribution in [3.8, 4) is 0 Å². The van der Waals surface area contributed by atoms with Gasteiger partial charge in [0.15, 0.2) is 0 Å². The highest BCUT2D eigenvalue weighted by molar-refractivity contribution is 6.62. The van der Waals surface area contributed by atoms with Crippen LogP contribution in [0.15, 0.2) is 30.5 Å². The van der Waals surface area contributed by atoms with Crippen LogP contribution >= 0.6 is 0 Å². The van der Waals surface area contributed by atoms with Crippen LogP contribution in [0.1, 0.15) is 36.7 Å². The summed E-state index contributed by atoms with van der Waals surface area (Å²) in [6.07, 6.45) is 0. The average Bonchev–Trinajstić information content (AvgIpc) is 2.87. The highest BCUT2D eigenvalue weighted by Gasteiger charge is 2.42. The van der Waals surface area contributed by atoms with E-state index in [4.69, 9.17) is 9.31 Å². The van der Waals surface area contributed by atoms with E-state index in [1.165, 1.54) is 0 Å². The molecule has 0 radical (unpaired) electrons. The molecule has 2 fully saturated rings. The first-order chi connectivity index (χ1) is 11.8. The Morgan fingerprint density at radius 3 is 2.48 bits per heavy atom. The van der Waals surface area contributed by atoms with Crippen molar-refractivity contribution in [2.24, 2.45) is 0 Å². The fraction of sp³-hybridized carbons (Fsp3) is 0.526. The molecule has 2 aliphatic rings. The molecule has 0 atom stereocenters. The summed E-state index contributed by atoms with van der Waals surface area (Å²) in [6, 6.07) is 5.79. The van der Waals surface area contributed by atoms with Crippen molar-refractivity contribution in [2.75, 3.05) is 32.7 Å². The van der Waals surface area contributed by atoms with Gasteiger partial charge in [-0.15, -0.1) is 0 Å². The third-order valence-corrected chi connectivity index (χ3v) is 5.18. The van der Waals surface area contributed by atoms with Gasteiger partial charge in [0.1, 0.15) is 5.60 Å². The molecule has 25 heavy (non-hydrogen) atoms. The molecule has 0 N–H and O–H groups in total. The van der Waals surface area contributed by atoms with E-state index in [1.54, 1.807) is 0 Å². The number of benzene rings is 1. The van der Waals surface area contributed by atoms with Crippen LogP contribution in [0.2, 0.25) is 0 Å². The summed E-state index contributed by atoms with van der Waals surface area (Å²) in [7, 11) is -0.460. The summed E-state index contributed by atoms with van der Waals surface area (Å²) < 4.78 is 11.7. The van der Waals surface area contributed by atoms with Crippen LogP contribution in [-0.2, 0) is 9.31 Å². The second kappa shape index (κ2) is 6.85. The van der Waals surface area contributed by atoms with E-state index in [9.17, 15) is 4.79 Å². The monoisotopic (exact) mass is 342 g/mol. The molecule has 0 aromatic heterocycles. The van der Waals surface area contributed by atoms with Gasteiger partial charge in [-0.05, 0) is 44.4 Å². The molecule has 0 saturated carbocycles. The van der Waals surface area contributed by atoms with Gasteiger partial charge in [-0.2, -0.15) is 0 Å². The van der Waals surface area contributed by atoms with Gasteiger partial charge in [-0.25, -0.2) is 0 Å². The Hall–Kier alpha value is -1.79. The van der Waals surface area contributed by atoms with E-state index >= 15 is 0 Å². The van der Waals surface area contributed by atoms with Crippen molar-refractivity contribution >= 4 is 18.5 Å². The predicted molar refractivity (Wildman–Crippen MR) is 100.0 cm³/mol. The first-order valence-corrected chi connectivity index (χ1v) is 8.98. The highest BCUT2D eigenvalue weighted by atomic mass is 16.7. The molecule has 3 rings (SSSR count). The molecule has 0 unspecified atom stereocenters. The number of carbonyl (C=O) groups is 1. The number of hydrogen-bond acceptors (Lipinski definition) is 4. The SMILES string of the molecule is C=C1OB(c2ccc(C(=O)N3CCN(CC)CC3)c(C)c2)OC1(C)C. The lowest BCUT2D eigenvalue weighted by molar-refractivity contribution is 0.0642. The van der Waals surface area contributed by atoms with Gasteiger partial charge in [-0.3, -0.25) is 4.79 Å². The van der Waals surface area contributed by atoms with E-state index in [1.807, 2.05) is 43.9 Å². The second-order valence-corrected chi connectivity index (χ2v) is 7.30. The first kappa shape index (κ1) is 18.0. The normalized spacial score (nSPS) is 20.7. The van der Waals surface area contributed by atoms with Crippen molar-refractivity contribution in [1.82, 2.24) is 9.80 Å². The lowest BCUT2D eigenvalue weighted by Gasteiger charge is -2.34. The summed E-state index contributed by atoms with van der Waals surface area (Å²) >= 11 is 0. The van der Waals surface area contributed by atoms with Gasteiger partial charge < -0.3 is 19.1 Å². The van der Waals surface area contributed by atoms with Crippen LogP contribution in [-0.4, -0.2) is 61.2 Å². The quantitative estimate of drug-likeness (QED) is 0.786. The van der Waals surface area contributed by atoms with E-state index in [0.29, 0.717) is 5.76 Å². The smallest absolute Gasteiger partial charge is 0.534 e. The van der Waals surface area contributed by atoms with Crippen molar-refractivity contribution < 1.29 is 14.1 Å². The van der Waals surface area contributed by atoms with Gasteiger partial charge in [-0.1, -0.05) is 25.6 Å². The average molecular weight is 342 g/mol. The number of rotatable bonds is 3. The van der Waals surface area contributed by atoms with Gasteiger partial charge in [0.05, 0.1) is 5.76 Å². The van der Waals surface area contributed by atoms with Crippen molar-refractivity contribution in [3.05, 3.63) is 41.7 Å². The minimum absolute atomic E-state index is 0.109. The topological polar surface area (TPSA) is 42.0 Å². The van der Waals surface area contributed by atoms with E-state index in [2.05, 4.69) is 18.4 Å². The standard InChI is InChI=1S/C19H27BN2O3/c1-6-21-9-11-22(12-10-21)18(23)17-8-7-16(13-14(17)2)20-24-15(3)19(4,5)25-20/h7-8,13H,3,6,9-12H2,1-2,4-5H3. The third-order valence-electron chi connectivity index (χ3n) is 5.18. The van der Waals surface area contributed by atoms with Gasteiger partial charge in [0, 0.05) is 31.7 Å². The number of nitrogens with zero attached hydrogens (tertiary/aromatic N) is 2. The van der Waals surface area contributed by atoms with Gasteiger partial charge in [0.2, 0.25) is 0 Å². The maximum absolute atomic E-state index is 12.8. The van der Waals surface area contributed by atoms with Crippen LogP contribution < -0.4 is 5.46 Å². The lowest BCUT2D eigenvalue weighted by Crippen LogP contribution is -2.48. The molecule has 0 spiro atoms. The minimum Gasteiger partial charge on any atom is -0.534 e. The van der Waals surface area contributed by atoms with Crippen LogP contribution in [0.3, 0.4) is 0 Å². The Morgan fingerprint density at radius 2 is 1.96 bits per heavy atom. The number of carbonyl (C=O) groups excluding carboxylic acids is 1. The molecule has 1 aromatic carbocycles. The molecule has 6 heteroatoms. The zero-order valence-corrected chi connectivity index (χ0v) is 15.7. The molecule has 1 amide bonds. The first-order valence-electron chi connectivity index (χ1n) is 8.98. The maximum atomic E-state index is 12.8. The zero-order valence-electron chi connectivity index (χ0n) is 15.7. The third kappa shape index (κ3) is 3.60. The summed E-state index contributed by atoms with van der Waals surface area (Å²) in [6.45, 7) is 16.4. The van der Waals surface area contributed by atoms with E-state index in [-0.39, 0.29) is 5.91 Å². The molecule has 0 bridgehead atoms. The van der Waals surface area contributed by atoms with Crippen molar-refractivity contribution in [2.45, 2.75) is 33.3 Å². The number of aryl methyl sites for hydroxylation is 1. The largest absolute Gasteiger partial charge is 0.563 e. The Balaban J connectivity index is 1.72. The van der Waals surface area contributed by atoms with Gasteiger partial charge in [0.25, 0.3) is 5.91 Å². The summed E-state index contributed by atoms with van der Waals surface area (Å²) in [4.78, 5) is 17.1. The van der Waals surface area contributed by atoms with Crippen LogP contribution in [0.4, 0.5) is 0 Å². The Kier molecular flexibility index (Phi) is 4.93. The summed E-state index contributed by atoms with van der Waals surface area (Å²) in [5.74, 6) is 0.738. The van der Waals surface area contributed by atoms with Crippen molar-refractivity contribution in [1.29, 1.82) is 0 Å². The molecule has 134 valence electrons. The molecule has 0 aliphatic carbocycles. The number of piperazine rings is 1. The fourth-order valence-electron chi connectivity index (χ4n) is 3.28. The maximum Gasteiger partial charge on any atom is 0.563 e. The highest BCUT2D eigenvalue weighted by Crippen LogP contribution is 2.29. The predicted octanol–water partition coefficient (Wildman–Crippen LogP) is 1.81. The number of amides is 1. The molecule has 2 saturated heterocycles. The summed E-state index contributed by atoms with van der Waals surface area (Å²) in [5.41, 5.74) is 2.12. The number of likely N-dealkylation sites (N-methyl/N-ethyl adjacent to an activating group) is 1. The van der Waals surface area contributed by atoms with E-state index < -0.39 is 12.7 Å².